The van der Waals surface area contributed by atoms with Gasteiger partial charge in [-0.15, -0.1) is 0 Å². The van der Waals surface area contributed by atoms with Gasteiger partial charge in [0.25, 0.3) is 5.91 Å². The summed E-state index contributed by atoms with van der Waals surface area (Å²) in [5.74, 6) is 1.09. The number of para-hydroxylation sites is 1. The largest absolute Gasteiger partial charge is 0.353 e. The third-order valence-corrected chi connectivity index (χ3v) is 5.24. The van der Waals surface area contributed by atoms with E-state index in [4.69, 9.17) is 9.51 Å². The van der Waals surface area contributed by atoms with Crippen LogP contribution in [0.4, 0.5) is 5.82 Å². The van der Waals surface area contributed by atoms with Crippen LogP contribution >= 0.6 is 0 Å². The average molecular weight is 385 g/mol. The molecular weight excluding hydrogens is 366 g/mol. The fourth-order valence-electron chi connectivity index (χ4n) is 3.70. The summed E-state index contributed by atoms with van der Waals surface area (Å²) >= 11 is 0. The van der Waals surface area contributed by atoms with Gasteiger partial charge in [0.2, 0.25) is 5.76 Å². The molecule has 0 radical (unpaired) electrons. The van der Waals surface area contributed by atoms with Crippen molar-refractivity contribution in [1.29, 1.82) is 0 Å². The molecule has 0 aliphatic carbocycles. The molecule has 4 aromatic rings. The van der Waals surface area contributed by atoms with E-state index in [0.717, 1.165) is 40.9 Å². The van der Waals surface area contributed by atoms with Gasteiger partial charge < -0.3 is 14.3 Å². The van der Waals surface area contributed by atoms with Crippen LogP contribution in [0.15, 0.2) is 71.6 Å². The number of benzene rings is 1. The summed E-state index contributed by atoms with van der Waals surface area (Å²) in [5, 5.41) is 4.72. The van der Waals surface area contributed by atoms with Crippen molar-refractivity contribution in [1.82, 2.24) is 20.0 Å². The van der Waals surface area contributed by atoms with Crippen LogP contribution in [0.2, 0.25) is 0 Å². The molecule has 0 saturated carbocycles. The van der Waals surface area contributed by atoms with Gasteiger partial charge in [-0.1, -0.05) is 23.4 Å². The first-order valence-electron chi connectivity index (χ1n) is 9.55. The van der Waals surface area contributed by atoms with Crippen LogP contribution in [0.25, 0.3) is 22.0 Å². The van der Waals surface area contributed by atoms with Crippen LogP contribution in [0.3, 0.4) is 0 Å². The molecule has 4 heterocycles. The van der Waals surface area contributed by atoms with Crippen LogP contribution in [0, 0.1) is 0 Å². The molecule has 0 atom stereocenters. The molecule has 3 aromatic heterocycles. The SMILES string of the molecule is O=C(c1ccno1)N1CCN(c2ccc3cccc(-c4ccncc4)c3n2)CC1. The van der Waals surface area contributed by atoms with Gasteiger partial charge in [0.1, 0.15) is 5.82 Å². The second kappa shape index (κ2) is 7.35. The van der Waals surface area contributed by atoms with Gasteiger partial charge in [0.15, 0.2) is 0 Å². The predicted molar refractivity (Wildman–Crippen MR) is 110 cm³/mol. The van der Waals surface area contributed by atoms with Crippen molar-refractivity contribution >= 4 is 22.6 Å². The first-order chi connectivity index (χ1) is 14.3. The van der Waals surface area contributed by atoms with Gasteiger partial charge in [-0.2, -0.15) is 0 Å². The Bertz CT molecular complexity index is 1140. The second-order valence-electron chi connectivity index (χ2n) is 6.94. The summed E-state index contributed by atoms with van der Waals surface area (Å²) in [6, 6.07) is 16.0. The first kappa shape index (κ1) is 17.4. The highest BCUT2D eigenvalue weighted by atomic mass is 16.5. The molecule has 0 spiro atoms. The third kappa shape index (κ3) is 3.31. The van der Waals surface area contributed by atoms with E-state index in [0.29, 0.717) is 13.1 Å². The summed E-state index contributed by atoms with van der Waals surface area (Å²) in [5.41, 5.74) is 3.15. The lowest BCUT2D eigenvalue weighted by Gasteiger charge is -2.35. The Morgan fingerprint density at radius 3 is 2.48 bits per heavy atom. The van der Waals surface area contributed by atoms with E-state index < -0.39 is 0 Å². The van der Waals surface area contributed by atoms with E-state index in [9.17, 15) is 4.79 Å². The molecule has 1 aliphatic heterocycles. The Kier molecular flexibility index (Phi) is 4.40. The van der Waals surface area contributed by atoms with E-state index >= 15 is 0 Å². The molecule has 7 heteroatoms. The Morgan fingerprint density at radius 1 is 0.897 bits per heavy atom. The number of hydrogen-bond acceptors (Lipinski definition) is 6. The number of nitrogens with zero attached hydrogens (tertiary/aromatic N) is 5. The lowest BCUT2D eigenvalue weighted by Crippen LogP contribution is -2.49. The second-order valence-corrected chi connectivity index (χ2v) is 6.94. The number of amides is 1. The topological polar surface area (TPSA) is 75.4 Å². The zero-order valence-electron chi connectivity index (χ0n) is 15.7. The van der Waals surface area contributed by atoms with Crippen molar-refractivity contribution in [3.8, 4) is 11.1 Å². The molecule has 5 rings (SSSR count). The van der Waals surface area contributed by atoms with E-state index in [-0.39, 0.29) is 11.7 Å². The number of fused-ring (bicyclic) bond motifs is 1. The highest BCUT2D eigenvalue weighted by Gasteiger charge is 2.25. The number of piperazine rings is 1. The number of carbonyl (C=O) groups is 1. The minimum Gasteiger partial charge on any atom is -0.353 e. The van der Waals surface area contributed by atoms with Gasteiger partial charge in [-0.25, -0.2) is 4.98 Å². The van der Waals surface area contributed by atoms with Gasteiger partial charge >= 0.3 is 0 Å². The lowest BCUT2D eigenvalue weighted by atomic mass is 10.0. The van der Waals surface area contributed by atoms with Gasteiger partial charge in [0, 0.05) is 55.6 Å². The maximum atomic E-state index is 12.4. The van der Waals surface area contributed by atoms with Crippen molar-refractivity contribution in [3.63, 3.8) is 0 Å². The van der Waals surface area contributed by atoms with Crippen LogP contribution in [0.1, 0.15) is 10.6 Å². The highest BCUT2D eigenvalue weighted by molar-refractivity contribution is 5.94. The molecule has 1 saturated heterocycles. The van der Waals surface area contributed by atoms with Crippen LogP contribution < -0.4 is 4.90 Å². The number of pyridine rings is 2. The third-order valence-electron chi connectivity index (χ3n) is 5.24. The fourth-order valence-corrected chi connectivity index (χ4v) is 3.70. The summed E-state index contributed by atoms with van der Waals surface area (Å²) in [6.07, 6.45) is 5.08. The molecule has 0 bridgehead atoms. The molecule has 1 aromatic carbocycles. The van der Waals surface area contributed by atoms with E-state index in [1.54, 1.807) is 23.4 Å². The zero-order valence-corrected chi connectivity index (χ0v) is 15.7. The molecule has 7 nitrogen and oxygen atoms in total. The molecule has 29 heavy (non-hydrogen) atoms. The number of anilines is 1. The smallest absolute Gasteiger partial charge is 0.292 e. The van der Waals surface area contributed by atoms with Crippen molar-refractivity contribution in [2.75, 3.05) is 31.1 Å². The number of aromatic nitrogens is 3. The van der Waals surface area contributed by atoms with Crippen molar-refractivity contribution in [2.45, 2.75) is 0 Å². The molecular formula is C22H19N5O2. The fraction of sp³-hybridized carbons (Fsp3) is 0.182. The average Bonchev–Trinajstić information content (AvgIpc) is 3.33. The van der Waals surface area contributed by atoms with Gasteiger partial charge in [-0.3, -0.25) is 9.78 Å². The Hall–Kier alpha value is -3.74. The number of hydrogen-bond donors (Lipinski definition) is 0. The van der Waals surface area contributed by atoms with Gasteiger partial charge in [-0.05, 0) is 29.8 Å². The number of carbonyl (C=O) groups excluding carboxylic acids is 1. The summed E-state index contributed by atoms with van der Waals surface area (Å²) in [4.78, 5) is 25.5. The standard InChI is InChI=1S/C22H19N5O2/c28-22(19-8-11-24-29-19)27-14-12-26(13-15-27)20-5-4-17-2-1-3-18(21(17)25-20)16-6-9-23-10-7-16/h1-11H,12-15H2. The van der Waals surface area contributed by atoms with Crippen molar-refractivity contribution in [3.05, 3.63) is 72.9 Å². The molecule has 0 unspecified atom stereocenters. The van der Waals surface area contributed by atoms with Crippen LogP contribution in [-0.2, 0) is 0 Å². The molecule has 1 aliphatic rings. The van der Waals surface area contributed by atoms with Gasteiger partial charge in [0.05, 0.1) is 11.7 Å². The predicted octanol–water partition coefficient (Wildman–Crippen LogP) is 3.25. The lowest BCUT2D eigenvalue weighted by molar-refractivity contribution is 0.0704. The number of rotatable bonds is 3. The molecule has 0 N–H and O–H groups in total. The van der Waals surface area contributed by atoms with Crippen LogP contribution in [-0.4, -0.2) is 52.1 Å². The summed E-state index contributed by atoms with van der Waals surface area (Å²) in [7, 11) is 0. The molecule has 1 fully saturated rings. The van der Waals surface area contributed by atoms with Crippen molar-refractivity contribution in [2.24, 2.45) is 0 Å². The summed E-state index contributed by atoms with van der Waals surface area (Å²) in [6.45, 7) is 2.67. The minimum absolute atomic E-state index is 0.117. The minimum atomic E-state index is -0.117. The maximum absolute atomic E-state index is 12.4. The van der Waals surface area contributed by atoms with Crippen LogP contribution in [0.5, 0.6) is 0 Å². The zero-order chi connectivity index (χ0) is 19.6. The Balaban J connectivity index is 1.39. The summed E-state index contributed by atoms with van der Waals surface area (Å²) < 4.78 is 4.99. The van der Waals surface area contributed by atoms with E-state index in [2.05, 4.69) is 33.2 Å². The Labute approximate surface area is 167 Å². The monoisotopic (exact) mass is 385 g/mol. The maximum Gasteiger partial charge on any atom is 0.292 e. The Morgan fingerprint density at radius 2 is 1.72 bits per heavy atom. The molecule has 144 valence electrons. The molecule has 1 amide bonds. The normalized spacial score (nSPS) is 14.3. The van der Waals surface area contributed by atoms with Crippen molar-refractivity contribution < 1.29 is 9.32 Å². The highest BCUT2D eigenvalue weighted by Crippen LogP contribution is 2.29. The van der Waals surface area contributed by atoms with E-state index in [1.165, 1.54) is 6.20 Å². The first-order valence-corrected chi connectivity index (χ1v) is 9.55. The quantitative estimate of drug-likeness (QED) is 0.539. The van der Waals surface area contributed by atoms with E-state index in [1.807, 2.05) is 24.3 Å².